The Bertz CT molecular complexity index is 873. The molecule has 1 aromatic rings. The second-order valence-corrected chi connectivity index (χ2v) is 10.6. The average molecular weight is 537 g/mol. The first-order valence-electron chi connectivity index (χ1n) is 14.1. The van der Waals surface area contributed by atoms with Crippen molar-refractivity contribution in [1.82, 2.24) is 20.3 Å². The predicted molar refractivity (Wildman–Crippen MR) is 151 cm³/mol. The van der Waals surface area contributed by atoms with Crippen molar-refractivity contribution in [1.29, 1.82) is 0 Å². The van der Waals surface area contributed by atoms with Crippen LogP contribution in [0.5, 0.6) is 0 Å². The van der Waals surface area contributed by atoms with Gasteiger partial charge in [-0.2, -0.15) is 0 Å². The first kappa shape index (κ1) is 33.5. The average Bonchev–Trinajstić information content (AvgIpc) is 3.39. The maximum absolute atomic E-state index is 13.6. The van der Waals surface area contributed by atoms with E-state index in [4.69, 9.17) is 21.9 Å². The van der Waals surface area contributed by atoms with Gasteiger partial charge in [0.05, 0.1) is 24.4 Å². The van der Waals surface area contributed by atoms with Crippen molar-refractivity contribution in [3.8, 4) is 0 Å². The number of aromatic nitrogens is 3. The lowest BCUT2D eigenvalue weighted by Crippen LogP contribution is -2.40. The molecule has 0 radical (unpaired) electrons. The molecule has 0 saturated carbocycles. The van der Waals surface area contributed by atoms with Crippen LogP contribution in [0.2, 0.25) is 0 Å². The van der Waals surface area contributed by atoms with Gasteiger partial charge in [0.1, 0.15) is 11.7 Å². The third kappa shape index (κ3) is 10.7. The fourth-order valence-electron chi connectivity index (χ4n) is 4.10. The third-order valence-electron chi connectivity index (χ3n) is 7.90. The summed E-state index contributed by atoms with van der Waals surface area (Å²) in [6.45, 7) is 13.8. The van der Waals surface area contributed by atoms with Crippen LogP contribution in [0.25, 0.3) is 0 Å². The van der Waals surface area contributed by atoms with E-state index in [-0.39, 0.29) is 29.8 Å². The second kappa shape index (κ2) is 16.4. The van der Waals surface area contributed by atoms with E-state index < -0.39 is 17.5 Å². The van der Waals surface area contributed by atoms with Crippen LogP contribution >= 0.6 is 0 Å². The molecular formula is C27H52N8O3. The molecule has 2 unspecified atom stereocenters. The van der Waals surface area contributed by atoms with Crippen LogP contribution < -0.4 is 22.5 Å². The van der Waals surface area contributed by atoms with Crippen LogP contribution in [0.3, 0.4) is 0 Å². The number of rotatable bonds is 20. The van der Waals surface area contributed by atoms with E-state index in [1.165, 1.54) is 0 Å². The summed E-state index contributed by atoms with van der Waals surface area (Å²) in [5.41, 5.74) is 16.6. The van der Waals surface area contributed by atoms with E-state index in [0.717, 1.165) is 38.5 Å². The van der Waals surface area contributed by atoms with E-state index in [1.807, 2.05) is 20.8 Å². The molecule has 0 aliphatic rings. The Morgan fingerprint density at radius 3 is 2.29 bits per heavy atom. The van der Waals surface area contributed by atoms with Crippen LogP contribution in [0, 0.1) is 5.41 Å². The van der Waals surface area contributed by atoms with Crippen LogP contribution in [0.4, 0.5) is 0 Å². The molecule has 1 aromatic heterocycles. The van der Waals surface area contributed by atoms with Gasteiger partial charge in [-0.3, -0.25) is 14.6 Å². The molecule has 38 heavy (non-hydrogen) atoms. The Labute approximate surface area is 228 Å². The van der Waals surface area contributed by atoms with Gasteiger partial charge in [-0.25, -0.2) is 4.68 Å². The number of nitrogens with two attached hydrogens (primary N) is 3. The molecule has 0 bridgehead atoms. The van der Waals surface area contributed by atoms with Gasteiger partial charge in [-0.1, -0.05) is 39.8 Å². The molecule has 0 aromatic carbocycles. The quantitative estimate of drug-likeness (QED) is 0.112. The van der Waals surface area contributed by atoms with Crippen LogP contribution in [0.1, 0.15) is 111 Å². The van der Waals surface area contributed by atoms with E-state index in [2.05, 4.69) is 41.4 Å². The summed E-state index contributed by atoms with van der Waals surface area (Å²) in [5, 5.41) is 11.3. The van der Waals surface area contributed by atoms with E-state index in [1.54, 1.807) is 10.9 Å². The van der Waals surface area contributed by atoms with Gasteiger partial charge < -0.3 is 27.3 Å². The highest BCUT2D eigenvalue weighted by molar-refractivity contribution is 5.88. The number of amides is 1. The molecule has 0 fully saturated rings. The molecule has 0 saturated heterocycles. The maximum Gasteiger partial charge on any atom is 0.237 e. The standard InChI is InChI=1S/C27H52N8O3/c1-7-26(5,8-2)23(36)22(15-11-12-17-38-27(6,9-3)10-4)35-19-20(33-34-35)18-32-24(37)21(28)14-13-16-31-25(29)30/h19,21-22H,7-18,28H2,1-6H3,(H,32,37)(H4,29,30,31). The second-order valence-electron chi connectivity index (χ2n) is 10.6. The van der Waals surface area contributed by atoms with Gasteiger partial charge in [0, 0.05) is 18.6 Å². The topological polar surface area (TPSA) is 177 Å². The number of ether oxygens (including phenoxy) is 1. The number of nitrogens with one attached hydrogen (secondary N) is 1. The van der Waals surface area contributed by atoms with Crippen molar-refractivity contribution >= 4 is 17.6 Å². The highest BCUT2D eigenvalue weighted by Gasteiger charge is 2.36. The van der Waals surface area contributed by atoms with Crippen LogP contribution in [-0.2, 0) is 20.9 Å². The fourth-order valence-corrected chi connectivity index (χ4v) is 4.10. The minimum Gasteiger partial charge on any atom is -0.375 e. The first-order valence-corrected chi connectivity index (χ1v) is 14.1. The van der Waals surface area contributed by atoms with Crippen molar-refractivity contribution in [2.75, 3.05) is 13.2 Å². The molecule has 11 heteroatoms. The monoisotopic (exact) mass is 536 g/mol. The van der Waals surface area contributed by atoms with Gasteiger partial charge in [0.25, 0.3) is 0 Å². The van der Waals surface area contributed by atoms with Crippen molar-refractivity contribution in [2.45, 2.75) is 124 Å². The first-order chi connectivity index (χ1) is 17.9. The van der Waals surface area contributed by atoms with Crippen LogP contribution in [-0.4, -0.2) is 57.4 Å². The molecule has 7 N–H and O–H groups in total. The summed E-state index contributed by atoms with van der Waals surface area (Å²) < 4.78 is 7.78. The Balaban J connectivity index is 2.79. The highest BCUT2D eigenvalue weighted by Crippen LogP contribution is 2.33. The zero-order chi connectivity index (χ0) is 28.8. The number of unbranched alkanes of at least 4 members (excludes halogenated alkanes) is 1. The number of hydrogen-bond donors (Lipinski definition) is 4. The number of hydrogen-bond acceptors (Lipinski definition) is 7. The van der Waals surface area contributed by atoms with Gasteiger partial charge in [-0.05, 0) is 64.7 Å². The molecule has 11 nitrogen and oxygen atoms in total. The summed E-state index contributed by atoms with van der Waals surface area (Å²) in [7, 11) is 0. The molecular weight excluding hydrogens is 484 g/mol. The molecule has 2 atom stereocenters. The zero-order valence-corrected chi connectivity index (χ0v) is 24.5. The summed E-state index contributed by atoms with van der Waals surface area (Å²) in [5.74, 6) is -0.100. The zero-order valence-electron chi connectivity index (χ0n) is 24.5. The number of carbonyl (C=O) groups is 2. The smallest absolute Gasteiger partial charge is 0.237 e. The maximum atomic E-state index is 13.6. The number of nitrogens with zero attached hydrogens (tertiary/aromatic N) is 4. The van der Waals surface area contributed by atoms with E-state index in [9.17, 15) is 9.59 Å². The van der Waals surface area contributed by atoms with Crippen molar-refractivity contribution in [3.63, 3.8) is 0 Å². The molecule has 0 aliphatic carbocycles. The largest absolute Gasteiger partial charge is 0.375 e. The Hall–Kier alpha value is -2.53. The highest BCUT2D eigenvalue weighted by atomic mass is 16.5. The minimum absolute atomic E-state index is 0.0189. The van der Waals surface area contributed by atoms with Crippen molar-refractivity contribution < 1.29 is 14.3 Å². The van der Waals surface area contributed by atoms with Crippen molar-refractivity contribution in [2.24, 2.45) is 27.6 Å². The lowest BCUT2D eigenvalue weighted by molar-refractivity contribution is -0.132. The Kier molecular flexibility index (Phi) is 14.5. The molecule has 1 amide bonds. The fraction of sp³-hybridized carbons (Fsp3) is 0.815. The summed E-state index contributed by atoms with van der Waals surface area (Å²) >= 11 is 0. The van der Waals surface area contributed by atoms with Gasteiger partial charge in [-0.15, -0.1) is 5.10 Å². The lowest BCUT2D eigenvalue weighted by Gasteiger charge is -2.30. The number of Topliss-reactive ketones (excluding diaryl/α,β-unsaturated/α-hetero) is 1. The van der Waals surface area contributed by atoms with E-state index in [0.29, 0.717) is 38.1 Å². The van der Waals surface area contributed by atoms with Gasteiger partial charge in [0.15, 0.2) is 11.7 Å². The Morgan fingerprint density at radius 2 is 1.71 bits per heavy atom. The predicted octanol–water partition coefficient (Wildman–Crippen LogP) is 2.98. The Morgan fingerprint density at radius 1 is 1.05 bits per heavy atom. The number of aliphatic imine (C=N–C) groups is 1. The van der Waals surface area contributed by atoms with E-state index >= 15 is 0 Å². The molecule has 1 rings (SSSR count). The molecule has 1 heterocycles. The number of guanidine groups is 1. The van der Waals surface area contributed by atoms with Crippen LogP contribution in [0.15, 0.2) is 11.2 Å². The van der Waals surface area contributed by atoms with Gasteiger partial charge in [0.2, 0.25) is 5.91 Å². The summed E-state index contributed by atoms with van der Waals surface area (Å²) in [4.78, 5) is 29.9. The van der Waals surface area contributed by atoms with Gasteiger partial charge >= 0.3 is 0 Å². The SMILES string of the molecule is CCC(C)(CC)OCCCCC(C(=O)C(C)(CC)CC)n1cc(CNC(=O)C(N)CCCN=C(N)N)nn1. The molecule has 0 spiro atoms. The molecule has 0 aliphatic heterocycles. The third-order valence-corrected chi connectivity index (χ3v) is 7.90. The summed E-state index contributed by atoms with van der Waals surface area (Å²) in [6, 6.07) is -1.09. The number of ketones is 1. The summed E-state index contributed by atoms with van der Waals surface area (Å²) in [6.07, 6.45) is 8.62. The molecule has 218 valence electrons. The normalized spacial score (nSPS) is 13.7. The minimum atomic E-state index is -0.673. The van der Waals surface area contributed by atoms with Crippen molar-refractivity contribution in [3.05, 3.63) is 11.9 Å². The number of carbonyl (C=O) groups excluding carboxylic acids is 2. The lowest BCUT2D eigenvalue weighted by atomic mass is 9.76.